The Morgan fingerprint density at radius 3 is 2.72 bits per heavy atom. The topological polar surface area (TPSA) is 73.2 Å². The van der Waals surface area contributed by atoms with Crippen molar-refractivity contribution in [2.45, 2.75) is 33.2 Å². The van der Waals surface area contributed by atoms with Crippen LogP contribution in [0.25, 0.3) is 0 Å². The minimum atomic E-state index is -0.477. The van der Waals surface area contributed by atoms with Crippen LogP contribution in [-0.2, 0) is 11.8 Å². The molecule has 0 aliphatic rings. The van der Waals surface area contributed by atoms with E-state index in [0.29, 0.717) is 6.61 Å². The maximum atomic E-state index is 11.8. The van der Waals surface area contributed by atoms with Gasteiger partial charge in [-0.1, -0.05) is 6.92 Å². The lowest BCUT2D eigenvalue weighted by Crippen LogP contribution is -2.32. The van der Waals surface area contributed by atoms with Crippen molar-refractivity contribution in [2.75, 3.05) is 6.61 Å². The van der Waals surface area contributed by atoms with E-state index < -0.39 is 5.97 Å². The largest absolute Gasteiger partial charge is 0.461 e. The van der Waals surface area contributed by atoms with Gasteiger partial charge in [0.25, 0.3) is 5.91 Å². The van der Waals surface area contributed by atoms with Crippen LogP contribution in [0.5, 0.6) is 0 Å². The molecule has 1 rings (SSSR count). The number of ether oxygens (including phenoxy) is 1. The molecule has 0 aliphatic heterocycles. The molecule has 0 aliphatic carbocycles. The third-order valence-electron chi connectivity index (χ3n) is 2.59. The van der Waals surface area contributed by atoms with E-state index in [1.54, 1.807) is 14.0 Å². The summed E-state index contributed by atoms with van der Waals surface area (Å²) in [5.41, 5.74) is 0.493. The van der Waals surface area contributed by atoms with E-state index in [4.69, 9.17) is 4.74 Å². The SMILES string of the molecule is CCOC(=O)c1cc(C(=O)NC(C)CC)nn1C. The van der Waals surface area contributed by atoms with Crippen LogP contribution in [0.3, 0.4) is 0 Å². The number of aryl methyl sites for hydroxylation is 1. The average molecular weight is 253 g/mol. The van der Waals surface area contributed by atoms with E-state index in [1.807, 2.05) is 13.8 Å². The fourth-order valence-corrected chi connectivity index (χ4v) is 1.37. The summed E-state index contributed by atoms with van der Waals surface area (Å²) in [5.74, 6) is -0.759. The molecule has 100 valence electrons. The zero-order chi connectivity index (χ0) is 13.7. The van der Waals surface area contributed by atoms with Crippen molar-refractivity contribution in [1.29, 1.82) is 0 Å². The molecule has 18 heavy (non-hydrogen) atoms. The molecule has 1 heterocycles. The van der Waals surface area contributed by atoms with Gasteiger partial charge in [0.1, 0.15) is 5.69 Å². The Kier molecular flexibility index (Phi) is 4.88. The molecule has 1 aromatic rings. The number of aromatic nitrogens is 2. The van der Waals surface area contributed by atoms with Crippen LogP contribution in [0.2, 0.25) is 0 Å². The summed E-state index contributed by atoms with van der Waals surface area (Å²) in [6.45, 7) is 5.91. The number of nitrogens with one attached hydrogen (secondary N) is 1. The van der Waals surface area contributed by atoms with E-state index in [-0.39, 0.29) is 23.3 Å². The Morgan fingerprint density at radius 1 is 1.50 bits per heavy atom. The molecule has 0 bridgehead atoms. The van der Waals surface area contributed by atoms with E-state index >= 15 is 0 Å². The van der Waals surface area contributed by atoms with Crippen molar-refractivity contribution in [3.05, 3.63) is 17.5 Å². The van der Waals surface area contributed by atoms with Crippen molar-refractivity contribution in [3.63, 3.8) is 0 Å². The maximum Gasteiger partial charge on any atom is 0.356 e. The first-order valence-electron chi connectivity index (χ1n) is 6.01. The van der Waals surface area contributed by atoms with Gasteiger partial charge in [-0.2, -0.15) is 5.10 Å². The molecule has 0 spiro atoms. The zero-order valence-corrected chi connectivity index (χ0v) is 11.2. The third kappa shape index (κ3) is 3.32. The predicted molar refractivity (Wildman–Crippen MR) is 66.4 cm³/mol. The Bertz CT molecular complexity index is 440. The summed E-state index contributed by atoms with van der Waals surface area (Å²) >= 11 is 0. The minimum absolute atomic E-state index is 0.0746. The Balaban J connectivity index is 2.83. The van der Waals surface area contributed by atoms with Crippen LogP contribution in [0, 0.1) is 0 Å². The second-order valence-corrected chi connectivity index (χ2v) is 4.04. The summed E-state index contributed by atoms with van der Waals surface area (Å²) in [6.07, 6.45) is 0.837. The molecule has 1 atom stereocenters. The quantitative estimate of drug-likeness (QED) is 0.798. The summed E-state index contributed by atoms with van der Waals surface area (Å²) in [6, 6.07) is 1.51. The van der Waals surface area contributed by atoms with Gasteiger partial charge in [-0.05, 0) is 20.3 Å². The third-order valence-corrected chi connectivity index (χ3v) is 2.59. The van der Waals surface area contributed by atoms with Gasteiger partial charge >= 0.3 is 5.97 Å². The van der Waals surface area contributed by atoms with Crippen molar-refractivity contribution in [2.24, 2.45) is 7.05 Å². The smallest absolute Gasteiger partial charge is 0.356 e. The van der Waals surface area contributed by atoms with E-state index in [2.05, 4.69) is 10.4 Å². The maximum absolute atomic E-state index is 11.8. The molecule has 0 aromatic carbocycles. The zero-order valence-electron chi connectivity index (χ0n) is 11.2. The molecule has 1 amide bonds. The van der Waals surface area contributed by atoms with Crippen molar-refractivity contribution >= 4 is 11.9 Å². The summed E-state index contributed by atoms with van der Waals surface area (Å²) in [7, 11) is 1.60. The number of hydrogen-bond acceptors (Lipinski definition) is 4. The molecule has 6 heteroatoms. The molecule has 1 N–H and O–H groups in total. The number of nitrogens with zero attached hydrogens (tertiary/aromatic N) is 2. The average Bonchev–Trinajstić information content (AvgIpc) is 2.71. The number of hydrogen-bond donors (Lipinski definition) is 1. The highest BCUT2D eigenvalue weighted by molar-refractivity contribution is 5.96. The highest BCUT2D eigenvalue weighted by Crippen LogP contribution is 2.06. The number of amides is 1. The number of esters is 1. The molecular formula is C12H19N3O3. The summed E-state index contributed by atoms with van der Waals surface area (Å²) < 4.78 is 6.22. The Morgan fingerprint density at radius 2 is 2.17 bits per heavy atom. The predicted octanol–water partition coefficient (Wildman–Crippen LogP) is 1.13. The highest BCUT2D eigenvalue weighted by atomic mass is 16.5. The molecule has 1 unspecified atom stereocenters. The molecule has 6 nitrogen and oxygen atoms in total. The van der Waals surface area contributed by atoms with Crippen LogP contribution in [-0.4, -0.2) is 34.3 Å². The van der Waals surface area contributed by atoms with Crippen molar-refractivity contribution in [1.82, 2.24) is 15.1 Å². The first kappa shape index (κ1) is 14.2. The fraction of sp³-hybridized carbons (Fsp3) is 0.583. The van der Waals surface area contributed by atoms with Gasteiger partial charge in [-0.3, -0.25) is 9.48 Å². The number of rotatable bonds is 5. The van der Waals surface area contributed by atoms with E-state index in [1.165, 1.54) is 10.7 Å². The second kappa shape index (κ2) is 6.18. The van der Waals surface area contributed by atoms with Crippen LogP contribution >= 0.6 is 0 Å². The molecular weight excluding hydrogens is 234 g/mol. The van der Waals surface area contributed by atoms with Gasteiger partial charge in [-0.15, -0.1) is 0 Å². The Labute approximate surface area is 106 Å². The van der Waals surface area contributed by atoms with E-state index in [9.17, 15) is 9.59 Å². The van der Waals surface area contributed by atoms with Gasteiger partial charge in [0.15, 0.2) is 5.69 Å². The lowest BCUT2D eigenvalue weighted by molar-refractivity contribution is 0.0513. The number of carbonyl (C=O) groups is 2. The highest BCUT2D eigenvalue weighted by Gasteiger charge is 2.18. The molecule has 0 radical (unpaired) electrons. The van der Waals surface area contributed by atoms with Crippen molar-refractivity contribution < 1.29 is 14.3 Å². The number of carbonyl (C=O) groups excluding carboxylic acids is 2. The summed E-state index contributed by atoms with van der Waals surface area (Å²) in [4.78, 5) is 23.4. The molecule has 0 fully saturated rings. The van der Waals surface area contributed by atoms with Gasteiger partial charge in [0, 0.05) is 19.2 Å². The van der Waals surface area contributed by atoms with Gasteiger partial charge in [-0.25, -0.2) is 4.79 Å². The van der Waals surface area contributed by atoms with Crippen LogP contribution in [0.15, 0.2) is 6.07 Å². The van der Waals surface area contributed by atoms with Gasteiger partial charge in [0.2, 0.25) is 0 Å². The second-order valence-electron chi connectivity index (χ2n) is 4.04. The van der Waals surface area contributed by atoms with Crippen LogP contribution < -0.4 is 5.32 Å². The fourth-order valence-electron chi connectivity index (χ4n) is 1.37. The lowest BCUT2D eigenvalue weighted by Gasteiger charge is -2.09. The van der Waals surface area contributed by atoms with Crippen molar-refractivity contribution in [3.8, 4) is 0 Å². The molecule has 1 aromatic heterocycles. The first-order chi connectivity index (χ1) is 8.49. The van der Waals surface area contributed by atoms with Crippen LogP contribution in [0.4, 0.5) is 0 Å². The minimum Gasteiger partial charge on any atom is -0.461 e. The standard InChI is InChI=1S/C12H19N3O3/c1-5-8(3)13-11(16)9-7-10(15(4)14-9)12(17)18-6-2/h7-8H,5-6H2,1-4H3,(H,13,16). The monoisotopic (exact) mass is 253 g/mol. The van der Waals surface area contributed by atoms with E-state index in [0.717, 1.165) is 6.42 Å². The molecule has 0 saturated heterocycles. The van der Waals surface area contributed by atoms with Gasteiger partial charge in [0.05, 0.1) is 6.61 Å². The lowest BCUT2D eigenvalue weighted by atomic mass is 10.2. The summed E-state index contributed by atoms with van der Waals surface area (Å²) in [5, 5.41) is 6.80. The Hall–Kier alpha value is -1.85. The molecule has 0 saturated carbocycles. The van der Waals surface area contributed by atoms with Crippen LogP contribution in [0.1, 0.15) is 48.2 Å². The first-order valence-corrected chi connectivity index (χ1v) is 6.01. The normalized spacial score (nSPS) is 12.0. The van der Waals surface area contributed by atoms with Gasteiger partial charge < -0.3 is 10.1 Å².